The van der Waals surface area contributed by atoms with Crippen LogP contribution in [0.2, 0.25) is 0 Å². The number of hydrogen-bond acceptors (Lipinski definition) is 4. The molecule has 0 aliphatic carbocycles. The van der Waals surface area contributed by atoms with E-state index in [-0.39, 0.29) is 17.4 Å². The number of nitrogens with zero attached hydrogens (tertiary/aromatic N) is 1. The van der Waals surface area contributed by atoms with Crippen molar-refractivity contribution in [1.29, 1.82) is 0 Å². The highest BCUT2D eigenvalue weighted by Crippen LogP contribution is 2.21. The van der Waals surface area contributed by atoms with Gasteiger partial charge in [0, 0.05) is 13.1 Å². The lowest BCUT2D eigenvalue weighted by Crippen LogP contribution is -2.34. The van der Waals surface area contributed by atoms with Crippen molar-refractivity contribution in [1.82, 2.24) is 4.90 Å². The fraction of sp³-hybridized carbons (Fsp3) is 0.138. The lowest BCUT2D eigenvalue weighted by atomic mass is 10.1. The number of nitrogens with one attached hydrogen (secondary N) is 1. The number of benzene rings is 4. The molecular weight excluding hydrogens is 472 g/mol. The van der Waals surface area contributed by atoms with Gasteiger partial charge in [0.25, 0.3) is 15.9 Å². The van der Waals surface area contributed by atoms with Gasteiger partial charge in [0.05, 0.1) is 10.6 Å². The molecular formula is C29H28N2O4S. The number of hydrogen-bond donors (Lipinski definition) is 1. The maximum atomic E-state index is 13.1. The zero-order valence-electron chi connectivity index (χ0n) is 20.0. The number of rotatable bonds is 10. The van der Waals surface area contributed by atoms with E-state index >= 15 is 0 Å². The Hall–Kier alpha value is -4.10. The molecule has 1 N–H and O–H groups in total. The van der Waals surface area contributed by atoms with Crippen LogP contribution < -0.4 is 9.46 Å². The van der Waals surface area contributed by atoms with Crippen LogP contribution >= 0.6 is 0 Å². The van der Waals surface area contributed by atoms with Crippen LogP contribution in [-0.4, -0.2) is 25.8 Å². The summed E-state index contributed by atoms with van der Waals surface area (Å²) in [5.41, 5.74) is 3.41. The zero-order chi connectivity index (χ0) is 25.4. The van der Waals surface area contributed by atoms with Gasteiger partial charge in [-0.25, -0.2) is 8.42 Å². The van der Waals surface area contributed by atoms with E-state index in [1.807, 2.05) is 79.7 Å². The van der Waals surface area contributed by atoms with E-state index in [1.54, 1.807) is 29.2 Å². The van der Waals surface area contributed by atoms with Gasteiger partial charge in [-0.2, -0.15) is 0 Å². The van der Waals surface area contributed by atoms with Gasteiger partial charge in [0.15, 0.2) is 6.61 Å². The quantitative estimate of drug-likeness (QED) is 0.316. The monoisotopic (exact) mass is 500 g/mol. The van der Waals surface area contributed by atoms with E-state index in [0.29, 0.717) is 24.5 Å². The first-order chi connectivity index (χ1) is 17.4. The summed E-state index contributed by atoms with van der Waals surface area (Å²) in [5, 5.41) is 0. The Morgan fingerprint density at radius 3 is 1.83 bits per heavy atom. The number of amides is 1. The zero-order valence-corrected chi connectivity index (χ0v) is 20.8. The van der Waals surface area contributed by atoms with Crippen molar-refractivity contribution in [2.75, 3.05) is 11.3 Å². The van der Waals surface area contributed by atoms with Crippen molar-refractivity contribution in [2.45, 2.75) is 24.9 Å². The van der Waals surface area contributed by atoms with Crippen molar-refractivity contribution in [3.63, 3.8) is 0 Å². The standard InChI is InChI=1S/C29H28N2O4S/c1-23-10-8-9-15-28(23)30-36(33,34)27-18-16-26(17-19-27)35-22-29(32)31(20-24-11-4-2-5-12-24)21-25-13-6-3-7-14-25/h2-19,30H,20-22H2,1H3. The first kappa shape index (κ1) is 25.0. The highest BCUT2D eigenvalue weighted by Gasteiger charge is 2.17. The SMILES string of the molecule is Cc1ccccc1NS(=O)(=O)c1ccc(OCC(=O)N(Cc2ccccc2)Cc2ccccc2)cc1. The van der Waals surface area contributed by atoms with E-state index in [2.05, 4.69) is 4.72 Å². The highest BCUT2D eigenvalue weighted by molar-refractivity contribution is 7.92. The van der Waals surface area contributed by atoms with Crippen molar-refractivity contribution in [3.8, 4) is 5.75 Å². The molecule has 0 aliphatic heterocycles. The van der Waals surface area contributed by atoms with Gasteiger partial charge >= 0.3 is 0 Å². The van der Waals surface area contributed by atoms with Crippen LogP contribution in [-0.2, 0) is 27.9 Å². The summed E-state index contributed by atoms with van der Waals surface area (Å²) in [5.74, 6) is 0.248. The molecule has 4 rings (SSSR count). The summed E-state index contributed by atoms with van der Waals surface area (Å²) in [6, 6.07) is 32.8. The molecule has 36 heavy (non-hydrogen) atoms. The van der Waals surface area contributed by atoms with Crippen LogP contribution in [0.3, 0.4) is 0 Å². The normalized spacial score (nSPS) is 11.0. The fourth-order valence-electron chi connectivity index (χ4n) is 3.68. The second kappa shape index (κ2) is 11.6. The topological polar surface area (TPSA) is 75.7 Å². The van der Waals surface area contributed by atoms with E-state index in [0.717, 1.165) is 16.7 Å². The number of ether oxygens (including phenoxy) is 1. The van der Waals surface area contributed by atoms with Crippen LogP contribution in [0, 0.1) is 6.92 Å². The van der Waals surface area contributed by atoms with Crippen LogP contribution in [0.1, 0.15) is 16.7 Å². The average molecular weight is 501 g/mol. The van der Waals surface area contributed by atoms with E-state index in [4.69, 9.17) is 4.74 Å². The van der Waals surface area contributed by atoms with Gasteiger partial charge in [-0.1, -0.05) is 78.9 Å². The number of para-hydroxylation sites is 1. The second-order valence-corrected chi connectivity index (χ2v) is 10.1. The molecule has 0 aromatic heterocycles. The molecule has 0 bridgehead atoms. The number of aryl methyl sites for hydroxylation is 1. The summed E-state index contributed by atoms with van der Waals surface area (Å²) >= 11 is 0. The Kier molecular flexibility index (Phi) is 8.02. The lowest BCUT2D eigenvalue weighted by Gasteiger charge is -2.23. The third-order valence-corrected chi connectivity index (χ3v) is 7.05. The minimum absolute atomic E-state index is 0.110. The van der Waals surface area contributed by atoms with Crippen molar-refractivity contribution >= 4 is 21.6 Å². The van der Waals surface area contributed by atoms with Gasteiger partial charge in [-0.3, -0.25) is 9.52 Å². The Balaban J connectivity index is 1.41. The molecule has 0 atom stereocenters. The van der Waals surface area contributed by atoms with Crippen LogP contribution in [0.4, 0.5) is 5.69 Å². The molecule has 4 aromatic carbocycles. The van der Waals surface area contributed by atoms with Gasteiger partial charge in [0.1, 0.15) is 5.75 Å². The predicted molar refractivity (Wildman–Crippen MR) is 141 cm³/mol. The van der Waals surface area contributed by atoms with Gasteiger partial charge in [-0.05, 0) is 53.9 Å². The van der Waals surface area contributed by atoms with Gasteiger partial charge in [-0.15, -0.1) is 0 Å². The molecule has 7 heteroatoms. The number of carbonyl (C=O) groups is 1. The summed E-state index contributed by atoms with van der Waals surface area (Å²) < 4.78 is 33.8. The Morgan fingerprint density at radius 2 is 1.28 bits per heavy atom. The van der Waals surface area contributed by atoms with E-state index < -0.39 is 10.0 Å². The molecule has 0 spiro atoms. The van der Waals surface area contributed by atoms with Crippen LogP contribution in [0.25, 0.3) is 0 Å². The number of sulfonamides is 1. The molecule has 0 unspecified atom stereocenters. The van der Waals surface area contributed by atoms with Crippen LogP contribution in [0.15, 0.2) is 114 Å². The first-order valence-electron chi connectivity index (χ1n) is 11.6. The van der Waals surface area contributed by atoms with E-state index in [9.17, 15) is 13.2 Å². The number of anilines is 1. The Bertz CT molecular complexity index is 1350. The van der Waals surface area contributed by atoms with E-state index in [1.165, 1.54) is 12.1 Å². The van der Waals surface area contributed by atoms with Crippen molar-refractivity contribution in [2.24, 2.45) is 0 Å². The van der Waals surface area contributed by atoms with Gasteiger partial charge in [0.2, 0.25) is 0 Å². The van der Waals surface area contributed by atoms with Gasteiger partial charge < -0.3 is 9.64 Å². The third kappa shape index (κ3) is 6.73. The molecule has 1 amide bonds. The summed E-state index contributed by atoms with van der Waals surface area (Å²) in [7, 11) is -3.75. The number of carbonyl (C=O) groups excluding carboxylic acids is 1. The summed E-state index contributed by atoms with van der Waals surface area (Å²) in [6.45, 7) is 2.59. The molecule has 0 fully saturated rings. The summed E-state index contributed by atoms with van der Waals surface area (Å²) in [6.07, 6.45) is 0. The Labute approximate surface area is 212 Å². The fourth-order valence-corrected chi connectivity index (χ4v) is 4.81. The largest absolute Gasteiger partial charge is 0.484 e. The molecule has 0 aliphatic rings. The second-order valence-electron chi connectivity index (χ2n) is 8.40. The molecule has 0 saturated carbocycles. The Morgan fingerprint density at radius 1 is 0.750 bits per heavy atom. The minimum atomic E-state index is -3.75. The minimum Gasteiger partial charge on any atom is -0.484 e. The van der Waals surface area contributed by atoms with Crippen molar-refractivity contribution < 1.29 is 17.9 Å². The molecule has 6 nitrogen and oxygen atoms in total. The third-order valence-electron chi connectivity index (χ3n) is 5.67. The maximum Gasteiger partial charge on any atom is 0.261 e. The highest BCUT2D eigenvalue weighted by atomic mass is 32.2. The summed E-state index contributed by atoms with van der Waals surface area (Å²) in [4.78, 5) is 14.9. The molecule has 0 heterocycles. The molecule has 4 aromatic rings. The first-order valence-corrected chi connectivity index (χ1v) is 13.1. The predicted octanol–water partition coefficient (Wildman–Crippen LogP) is 5.40. The maximum absolute atomic E-state index is 13.1. The molecule has 0 saturated heterocycles. The lowest BCUT2D eigenvalue weighted by molar-refractivity contribution is -0.134. The van der Waals surface area contributed by atoms with Crippen LogP contribution in [0.5, 0.6) is 5.75 Å². The smallest absolute Gasteiger partial charge is 0.261 e. The average Bonchev–Trinajstić information content (AvgIpc) is 2.89. The van der Waals surface area contributed by atoms with Crippen molar-refractivity contribution in [3.05, 3.63) is 126 Å². The molecule has 0 radical (unpaired) electrons. The molecule has 184 valence electrons.